The van der Waals surface area contributed by atoms with Crippen LogP contribution in [0.15, 0.2) is 24.3 Å². The number of benzene rings is 1. The molecular weight excluding hydrogens is 172 g/mol. The standard InChI is InChI=1S/C12H14N2/c1-2-10-8-14(9-10)12-6-4-3-5-11(12)7-13/h3-6,10H,2,8-9H2,1H3. The molecule has 72 valence electrons. The van der Waals surface area contributed by atoms with Gasteiger partial charge >= 0.3 is 0 Å². The largest absolute Gasteiger partial charge is 0.370 e. The number of hydrogen-bond donors (Lipinski definition) is 0. The molecule has 0 aliphatic carbocycles. The van der Waals surface area contributed by atoms with Crippen LogP contribution >= 0.6 is 0 Å². The van der Waals surface area contributed by atoms with Crippen molar-refractivity contribution in [2.24, 2.45) is 5.92 Å². The molecule has 0 atom stereocenters. The van der Waals surface area contributed by atoms with Crippen LogP contribution in [0, 0.1) is 17.2 Å². The van der Waals surface area contributed by atoms with E-state index < -0.39 is 0 Å². The summed E-state index contributed by atoms with van der Waals surface area (Å²) in [6.45, 7) is 4.43. The summed E-state index contributed by atoms with van der Waals surface area (Å²) in [5.41, 5.74) is 1.89. The zero-order chi connectivity index (χ0) is 9.97. The van der Waals surface area contributed by atoms with Crippen LogP contribution < -0.4 is 4.90 Å². The summed E-state index contributed by atoms with van der Waals surface area (Å²) in [5.74, 6) is 0.821. The minimum Gasteiger partial charge on any atom is -0.370 e. The normalized spacial score (nSPS) is 16.1. The molecule has 0 aromatic heterocycles. The molecule has 2 rings (SSSR count). The predicted octanol–water partition coefficient (Wildman–Crippen LogP) is 2.40. The summed E-state index contributed by atoms with van der Waals surface area (Å²) in [7, 11) is 0. The number of nitriles is 1. The minimum atomic E-state index is 0.794. The summed E-state index contributed by atoms with van der Waals surface area (Å²) >= 11 is 0. The molecule has 1 fully saturated rings. The molecule has 1 saturated heterocycles. The van der Waals surface area contributed by atoms with E-state index in [1.54, 1.807) is 0 Å². The summed E-state index contributed by atoms with van der Waals surface area (Å²) in [4.78, 5) is 2.28. The van der Waals surface area contributed by atoms with Crippen LogP contribution in [-0.4, -0.2) is 13.1 Å². The summed E-state index contributed by atoms with van der Waals surface area (Å²) in [6.07, 6.45) is 1.24. The Morgan fingerprint density at radius 2 is 2.14 bits per heavy atom. The fourth-order valence-corrected chi connectivity index (χ4v) is 1.87. The lowest BCUT2D eigenvalue weighted by Crippen LogP contribution is -2.46. The van der Waals surface area contributed by atoms with Crippen LogP contribution in [0.2, 0.25) is 0 Å². The van der Waals surface area contributed by atoms with Crippen LogP contribution in [0.1, 0.15) is 18.9 Å². The summed E-state index contributed by atoms with van der Waals surface area (Å²) in [5, 5.41) is 8.93. The van der Waals surface area contributed by atoms with Crippen molar-refractivity contribution in [2.45, 2.75) is 13.3 Å². The van der Waals surface area contributed by atoms with Crippen molar-refractivity contribution in [1.82, 2.24) is 0 Å². The first kappa shape index (κ1) is 9.08. The molecular formula is C12H14N2. The highest BCUT2D eigenvalue weighted by atomic mass is 15.2. The van der Waals surface area contributed by atoms with E-state index in [1.807, 2.05) is 24.3 Å². The molecule has 0 spiro atoms. The average molecular weight is 186 g/mol. The van der Waals surface area contributed by atoms with Gasteiger partial charge in [0.2, 0.25) is 0 Å². The van der Waals surface area contributed by atoms with Crippen molar-refractivity contribution in [3.63, 3.8) is 0 Å². The Morgan fingerprint density at radius 3 is 2.79 bits per heavy atom. The maximum Gasteiger partial charge on any atom is 0.101 e. The van der Waals surface area contributed by atoms with Crippen molar-refractivity contribution in [1.29, 1.82) is 5.26 Å². The van der Waals surface area contributed by atoms with E-state index in [0.29, 0.717) is 0 Å². The molecule has 1 aromatic rings. The first-order valence-electron chi connectivity index (χ1n) is 5.09. The van der Waals surface area contributed by atoms with Crippen molar-refractivity contribution in [2.75, 3.05) is 18.0 Å². The number of para-hydroxylation sites is 1. The van der Waals surface area contributed by atoms with Gasteiger partial charge in [0.05, 0.1) is 11.3 Å². The van der Waals surface area contributed by atoms with Gasteiger partial charge in [-0.3, -0.25) is 0 Å². The van der Waals surface area contributed by atoms with Gasteiger partial charge in [0, 0.05) is 13.1 Å². The lowest BCUT2D eigenvalue weighted by molar-refractivity contribution is 0.398. The van der Waals surface area contributed by atoms with Gasteiger partial charge < -0.3 is 4.90 Å². The Kier molecular flexibility index (Phi) is 2.41. The molecule has 1 aromatic carbocycles. The Balaban J connectivity index is 2.15. The van der Waals surface area contributed by atoms with Crippen molar-refractivity contribution in [3.8, 4) is 6.07 Å². The van der Waals surface area contributed by atoms with Crippen LogP contribution in [0.25, 0.3) is 0 Å². The van der Waals surface area contributed by atoms with Gasteiger partial charge in [-0.2, -0.15) is 5.26 Å². The topological polar surface area (TPSA) is 27.0 Å². The van der Waals surface area contributed by atoms with E-state index in [2.05, 4.69) is 17.9 Å². The van der Waals surface area contributed by atoms with Gasteiger partial charge in [-0.15, -0.1) is 0 Å². The Labute approximate surface area is 84.8 Å². The first-order valence-corrected chi connectivity index (χ1v) is 5.09. The second-order valence-corrected chi connectivity index (χ2v) is 3.81. The minimum absolute atomic E-state index is 0.794. The summed E-state index contributed by atoms with van der Waals surface area (Å²) in [6, 6.07) is 10.1. The second-order valence-electron chi connectivity index (χ2n) is 3.81. The smallest absolute Gasteiger partial charge is 0.101 e. The average Bonchev–Trinajstić information content (AvgIpc) is 2.17. The van der Waals surface area contributed by atoms with Gasteiger partial charge in [0.25, 0.3) is 0 Å². The maximum absolute atomic E-state index is 8.93. The molecule has 0 N–H and O–H groups in total. The number of hydrogen-bond acceptors (Lipinski definition) is 2. The maximum atomic E-state index is 8.93. The number of rotatable bonds is 2. The lowest BCUT2D eigenvalue weighted by atomic mass is 9.95. The molecule has 1 aliphatic rings. The summed E-state index contributed by atoms with van der Waals surface area (Å²) < 4.78 is 0. The zero-order valence-corrected chi connectivity index (χ0v) is 8.40. The van der Waals surface area contributed by atoms with Crippen LogP contribution in [0.5, 0.6) is 0 Å². The van der Waals surface area contributed by atoms with Crippen molar-refractivity contribution >= 4 is 5.69 Å². The van der Waals surface area contributed by atoms with Crippen LogP contribution in [0.3, 0.4) is 0 Å². The first-order chi connectivity index (χ1) is 6.85. The molecule has 0 bridgehead atoms. The third-order valence-electron chi connectivity index (χ3n) is 2.90. The lowest BCUT2D eigenvalue weighted by Gasteiger charge is -2.41. The molecule has 0 radical (unpaired) electrons. The van der Waals surface area contributed by atoms with Crippen LogP contribution in [-0.2, 0) is 0 Å². The molecule has 14 heavy (non-hydrogen) atoms. The van der Waals surface area contributed by atoms with Crippen LogP contribution in [0.4, 0.5) is 5.69 Å². The zero-order valence-electron chi connectivity index (χ0n) is 8.40. The molecule has 0 saturated carbocycles. The van der Waals surface area contributed by atoms with E-state index in [1.165, 1.54) is 6.42 Å². The van der Waals surface area contributed by atoms with E-state index >= 15 is 0 Å². The third kappa shape index (κ3) is 1.46. The molecule has 0 unspecified atom stereocenters. The molecule has 1 aliphatic heterocycles. The van der Waals surface area contributed by atoms with Gasteiger partial charge in [0.1, 0.15) is 6.07 Å². The van der Waals surface area contributed by atoms with Gasteiger partial charge in [-0.25, -0.2) is 0 Å². The van der Waals surface area contributed by atoms with Crippen molar-refractivity contribution in [3.05, 3.63) is 29.8 Å². The SMILES string of the molecule is CCC1CN(c2ccccc2C#N)C1. The highest BCUT2D eigenvalue weighted by Gasteiger charge is 2.26. The van der Waals surface area contributed by atoms with Crippen molar-refractivity contribution < 1.29 is 0 Å². The third-order valence-corrected chi connectivity index (χ3v) is 2.90. The van der Waals surface area contributed by atoms with Gasteiger partial charge in [-0.05, 0) is 24.5 Å². The molecule has 1 heterocycles. The second kappa shape index (κ2) is 3.71. The Hall–Kier alpha value is -1.49. The Morgan fingerprint density at radius 1 is 1.43 bits per heavy atom. The fourth-order valence-electron chi connectivity index (χ4n) is 1.87. The predicted molar refractivity (Wildman–Crippen MR) is 57.2 cm³/mol. The fraction of sp³-hybridized carbons (Fsp3) is 0.417. The number of anilines is 1. The van der Waals surface area contributed by atoms with E-state index in [-0.39, 0.29) is 0 Å². The molecule has 2 nitrogen and oxygen atoms in total. The highest BCUT2D eigenvalue weighted by molar-refractivity contribution is 5.60. The molecule has 0 amide bonds. The van der Waals surface area contributed by atoms with Gasteiger partial charge in [0.15, 0.2) is 0 Å². The number of nitrogens with zero attached hydrogens (tertiary/aromatic N) is 2. The van der Waals surface area contributed by atoms with E-state index in [0.717, 1.165) is 30.3 Å². The van der Waals surface area contributed by atoms with E-state index in [4.69, 9.17) is 5.26 Å². The quantitative estimate of drug-likeness (QED) is 0.709. The Bertz CT molecular complexity index is 359. The molecule has 2 heteroatoms. The monoisotopic (exact) mass is 186 g/mol. The van der Waals surface area contributed by atoms with Gasteiger partial charge in [-0.1, -0.05) is 19.1 Å². The highest BCUT2D eigenvalue weighted by Crippen LogP contribution is 2.28. The van der Waals surface area contributed by atoms with E-state index in [9.17, 15) is 0 Å².